The number of rotatable bonds is 3. The monoisotopic (exact) mass is 338 g/mol. The van der Waals surface area contributed by atoms with Crippen LogP contribution in [-0.4, -0.2) is 54.0 Å². The van der Waals surface area contributed by atoms with Gasteiger partial charge in [-0.15, -0.1) is 0 Å². The van der Waals surface area contributed by atoms with E-state index in [9.17, 15) is 4.79 Å². The Morgan fingerprint density at radius 3 is 2.60 bits per heavy atom. The molecule has 4 nitrogen and oxygen atoms in total. The zero-order valence-electron chi connectivity index (χ0n) is 14.9. The van der Waals surface area contributed by atoms with Crippen molar-refractivity contribution in [3.05, 3.63) is 53.6 Å². The van der Waals surface area contributed by atoms with Gasteiger partial charge in [-0.25, -0.2) is 0 Å². The van der Waals surface area contributed by atoms with Gasteiger partial charge >= 0.3 is 0 Å². The topological polar surface area (TPSA) is 32.8 Å². The van der Waals surface area contributed by atoms with E-state index in [2.05, 4.69) is 17.1 Å². The quantitative estimate of drug-likeness (QED) is 0.849. The maximum Gasteiger partial charge on any atom is 0.219 e. The molecule has 0 N–H and O–H groups in total. The molecule has 2 atom stereocenters. The number of benzene rings is 1. The summed E-state index contributed by atoms with van der Waals surface area (Å²) in [6.07, 6.45) is 8.40. The van der Waals surface area contributed by atoms with Gasteiger partial charge in [0, 0.05) is 33.1 Å². The van der Waals surface area contributed by atoms with E-state index in [0.717, 1.165) is 44.8 Å². The Balaban J connectivity index is 1.54. The summed E-state index contributed by atoms with van der Waals surface area (Å²) in [7, 11) is 0. The second-order valence-electron chi connectivity index (χ2n) is 7.13. The lowest BCUT2D eigenvalue weighted by Gasteiger charge is -2.39. The third-order valence-corrected chi connectivity index (χ3v) is 5.56. The first-order chi connectivity index (χ1) is 12.2. The van der Waals surface area contributed by atoms with Crippen LogP contribution < -0.4 is 4.74 Å². The van der Waals surface area contributed by atoms with Crippen LogP contribution in [0.1, 0.15) is 26.2 Å². The number of carbonyl (C=O) groups excluding carboxylic acids is 1. The van der Waals surface area contributed by atoms with Gasteiger partial charge in [-0.1, -0.05) is 30.4 Å². The first kappa shape index (κ1) is 16.4. The van der Waals surface area contributed by atoms with Crippen molar-refractivity contribution in [1.29, 1.82) is 0 Å². The second kappa shape index (κ2) is 7.04. The molecule has 1 aliphatic heterocycles. The van der Waals surface area contributed by atoms with Gasteiger partial charge < -0.3 is 9.64 Å². The predicted molar refractivity (Wildman–Crippen MR) is 98.5 cm³/mol. The van der Waals surface area contributed by atoms with Gasteiger partial charge in [0.15, 0.2) is 0 Å². The lowest BCUT2D eigenvalue weighted by molar-refractivity contribution is -0.130. The highest BCUT2D eigenvalue weighted by atomic mass is 16.5. The van der Waals surface area contributed by atoms with Crippen LogP contribution >= 0.6 is 0 Å². The SMILES string of the molecule is CC(=O)N1CCN([C@H]2C=C3CCCC=C3[C@@H]2Oc2ccccc2)CC1. The molecule has 4 heteroatoms. The largest absolute Gasteiger partial charge is 0.484 e. The van der Waals surface area contributed by atoms with Gasteiger partial charge in [-0.2, -0.15) is 0 Å². The molecule has 1 heterocycles. The Morgan fingerprint density at radius 2 is 1.88 bits per heavy atom. The lowest BCUT2D eigenvalue weighted by atomic mass is 9.94. The van der Waals surface area contributed by atoms with Gasteiger partial charge in [0.1, 0.15) is 11.9 Å². The van der Waals surface area contributed by atoms with E-state index >= 15 is 0 Å². The standard InChI is InChI=1S/C21H26N2O2/c1-16(24)22-11-13-23(14-12-22)20-15-17-7-5-6-10-19(17)21(20)25-18-8-3-2-4-9-18/h2-4,8-10,15,20-21H,5-7,11-14H2,1H3/t20-,21-/m0/s1. The van der Waals surface area contributed by atoms with E-state index < -0.39 is 0 Å². The Morgan fingerprint density at radius 1 is 1.12 bits per heavy atom. The molecule has 1 aromatic rings. The van der Waals surface area contributed by atoms with Gasteiger partial charge in [-0.3, -0.25) is 9.69 Å². The highest BCUT2D eigenvalue weighted by Gasteiger charge is 2.39. The maximum absolute atomic E-state index is 11.6. The Kier molecular flexibility index (Phi) is 4.62. The summed E-state index contributed by atoms with van der Waals surface area (Å²) in [6.45, 7) is 5.11. The summed E-state index contributed by atoms with van der Waals surface area (Å²) < 4.78 is 6.44. The molecule has 0 spiro atoms. The summed E-state index contributed by atoms with van der Waals surface area (Å²) in [5.41, 5.74) is 2.85. The molecular formula is C21H26N2O2. The van der Waals surface area contributed by atoms with Crippen LogP contribution in [0.5, 0.6) is 5.75 Å². The number of carbonyl (C=O) groups is 1. The normalized spacial score (nSPS) is 26.7. The summed E-state index contributed by atoms with van der Waals surface area (Å²) >= 11 is 0. The second-order valence-corrected chi connectivity index (χ2v) is 7.13. The highest BCUT2D eigenvalue weighted by molar-refractivity contribution is 5.73. The van der Waals surface area contributed by atoms with Gasteiger partial charge in [0.2, 0.25) is 5.91 Å². The predicted octanol–water partition coefficient (Wildman–Crippen LogP) is 3.02. The zero-order chi connectivity index (χ0) is 17.2. The summed E-state index contributed by atoms with van der Waals surface area (Å²) in [4.78, 5) is 16.0. The molecule has 0 bridgehead atoms. The number of fused-ring (bicyclic) bond motifs is 1. The van der Waals surface area contributed by atoms with Crippen LogP contribution in [0.3, 0.4) is 0 Å². The molecule has 0 aromatic heterocycles. The lowest BCUT2D eigenvalue weighted by Crippen LogP contribution is -2.54. The number of nitrogens with zero attached hydrogens (tertiary/aromatic N) is 2. The maximum atomic E-state index is 11.6. The minimum Gasteiger partial charge on any atom is -0.484 e. The molecule has 132 valence electrons. The first-order valence-electron chi connectivity index (χ1n) is 9.35. The van der Waals surface area contributed by atoms with Crippen LogP contribution in [-0.2, 0) is 4.79 Å². The third kappa shape index (κ3) is 3.36. The first-order valence-corrected chi connectivity index (χ1v) is 9.35. The van der Waals surface area contributed by atoms with Crippen molar-refractivity contribution < 1.29 is 9.53 Å². The van der Waals surface area contributed by atoms with Crippen molar-refractivity contribution in [1.82, 2.24) is 9.80 Å². The Bertz CT molecular complexity index is 687. The molecule has 1 fully saturated rings. The fourth-order valence-electron chi connectivity index (χ4n) is 4.19. The minimum atomic E-state index is 0.0709. The van der Waals surface area contributed by atoms with E-state index in [1.807, 2.05) is 35.2 Å². The van der Waals surface area contributed by atoms with Crippen LogP contribution in [0.15, 0.2) is 53.6 Å². The number of amides is 1. The average molecular weight is 338 g/mol. The fourth-order valence-corrected chi connectivity index (χ4v) is 4.19. The number of para-hydroxylation sites is 1. The van der Waals surface area contributed by atoms with Gasteiger partial charge in [0.25, 0.3) is 0 Å². The molecule has 1 amide bonds. The molecule has 0 radical (unpaired) electrons. The summed E-state index contributed by atoms with van der Waals surface area (Å²) in [5, 5.41) is 0. The number of piperazine rings is 1. The molecule has 2 aliphatic carbocycles. The van der Waals surface area contributed by atoms with Crippen LogP contribution in [0.25, 0.3) is 0 Å². The molecule has 0 saturated carbocycles. The number of allylic oxidation sites excluding steroid dienone is 1. The van der Waals surface area contributed by atoms with Gasteiger partial charge in [0.05, 0.1) is 6.04 Å². The zero-order valence-corrected chi connectivity index (χ0v) is 14.9. The smallest absolute Gasteiger partial charge is 0.219 e. The molecule has 4 rings (SSSR count). The van der Waals surface area contributed by atoms with Crippen molar-refractivity contribution >= 4 is 5.91 Å². The van der Waals surface area contributed by atoms with E-state index in [-0.39, 0.29) is 18.1 Å². The van der Waals surface area contributed by atoms with Crippen LogP contribution in [0, 0.1) is 0 Å². The molecule has 1 aromatic carbocycles. The van der Waals surface area contributed by atoms with Crippen molar-refractivity contribution in [3.8, 4) is 5.75 Å². The highest BCUT2D eigenvalue weighted by Crippen LogP contribution is 2.38. The van der Waals surface area contributed by atoms with Crippen molar-refractivity contribution in [2.75, 3.05) is 26.2 Å². The molecule has 0 unspecified atom stereocenters. The number of hydrogen-bond acceptors (Lipinski definition) is 3. The number of ether oxygens (including phenoxy) is 1. The average Bonchev–Trinajstić information content (AvgIpc) is 3.01. The minimum absolute atomic E-state index is 0.0709. The number of hydrogen-bond donors (Lipinski definition) is 0. The van der Waals surface area contributed by atoms with E-state index in [4.69, 9.17) is 4.74 Å². The Labute approximate surface area is 149 Å². The van der Waals surface area contributed by atoms with Gasteiger partial charge in [-0.05, 0) is 42.5 Å². The van der Waals surface area contributed by atoms with Crippen LogP contribution in [0.4, 0.5) is 0 Å². The summed E-state index contributed by atoms with van der Waals surface area (Å²) in [5.74, 6) is 1.11. The van der Waals surface area contributed by atoms with E-state index in [1.54, 1.807) is 6.92 Å². The van der Waals surface area contributed by atoms with Crippen molar-refractivity contribution in [2.45, 2.75) is 38.3 Å². The summed E-state index contributed by atoms with van der Waals surface area (Å²) in [6, 6.07) is 10.4. The third-order valence-electron chi connectivity index (χ3n) is 5.56. The van der Waals surface area contributed by atoms with Crippen molar-refractivity contribution in [3.63, 3.8) is 0 Å². The molecular weight excluding hydrogens is 312 g/mol. The van der Waals surface area contributed by atoms with Crippen molar-refractivity contribution in [2.24, 2.45) is 0 Å². The molecule has 1 saturated heterocycles. The molecule has 25 heavy (non-hydrogen) atoms. The van der Waals surface area contributed by atoms with E-state index in [1.165, 1.54) is 17.6 Å². The van der Waals surface area contributed by atoms with E-state index in [0.29, 0.717) is 0 Å². The Hall–Kier alpha value is -2.07. The molecule has 3 aliphatic rings. The van der Waals surface area contributed by atoms with Crippen LogP contribution in [0.2, 0.25) is 0 Å². The fraction of sp³-hybridized carbons (Fsp3) is 0.476.